The molecule has 0 saturated carbocycles. The second-order valence-corrected chi connectivity index (χ2v) is 1.83. The number of hydrogen-bond donors (Lipinski definition) is 2. The molecular formula is C4H10N3O11-3. The number of nitrogens with zero attached hydrogens (tertiary/aromatic N) is 3. The topological polar surface area (TPSA) is 239 Å². The third-order valence-corrected chi connectivity index (χ3v) is 0.566. The average molecular weight is 276 g/mol. The van der Waals surface area contributed by atoms with Crippen molar-refractivity contribution in [2.24, 2.45) is 0 Å². The summed E-state index contributed by atoms with van der Waals surface area (Å²) in [6, 6.07) is 0. The van der Waals surface area contributed by atoms with E-state index in [2.05, 4.69) is 0 Å². The Labute approximate surface area is 98.6 Å². The van der Waals surface area contributed by atoms with E-state index in [1.165, 1.54) is 0 Å². The van der Waals surface area contributed by atoms with Gasteiger partial charge < -0.3 is 56.2 Å². The van der Waals surface area contributed by atoms with Crippen molar-refractivity contribution in [1.82, 2.24) is 0 Å². The zero-order chi connectivity index (χ0) is 15.6. The summed E-state index contributed by atoms with van der Waals surface area (Å²) in [7, 11) is 0. The molecule has 14 nitrogen and oxygen atoms in total. The minimum Gasteiger partial charge on any atom is -0.396 e. The van der Waals surface area contributed by atoms with Crippen molar-refractivity contribution in [3.63, 3.8) is 0 Å². The van der Waals surface area contributed by atoms with Gasteiger partial charge in [0.1, 0.15) is 0 Å². The molecule has 0 spiro atoms. The van der Waals surface area contributed by atoms with E-state index in [9.17, 15) is 0 Å². The molecule has 0 aromatic rings. The van der Waals surface area contributed by atoms with Crippen LogP contribution in [0.25, 0.3) is 0 Å². The first kappa shape index (κ1) is 24.7. The van der Waals surface area contributed by atoms with Gasteiger partial charge in [-0.25, -0.2) is 0 Å². The lowest BCUT2D eigenvalue weighted by atomic mass is 10.3. The Morgan fingerprint density at radius 1 is 0.611 bits per heavy atom. The van der Waals surface area contributed by atoms with E-state index in [1.54, 1.807) is 0 Å². The quantitative estimate of drug-likeness (QED) is 0.360. The molecule has 14 heteroatoms. The Morgan fingerprint density at radius 3 is 0.778 bits per heavy atom. The van der Waals surface area contributed by atoms with Crippen LogP contribution in [-0.4, -0.2) is 38.7 Å². The fraction of sp³-hybridized carbons (Fsp3) is 1.00. The third kappa shape index (κ3) is 7840. The van der Waals surface area contributed by atoms with E-state index in [-0.39, 0.29) is 13.2 Å². The van der Waals surface area contributed by atoms with Crippen LogP contribution in [0.5, 0.6) is 0 Å². The number of unbranched alkanes of at least 4 members (excludes halogenated alkanes) is 1. The van der Waals surface area contributed by atoms with E-state index in [0.717, 1.165) is 12.8 Å². The van der Waals surface area contributed by atoms with Gasteiger partial charge in [0, 0.05) is 13.2 Å². The molecule has 0 unspecified atom stereocenters. The highest BCUT2D eigenvalue weighted by molar-refractivity contribution is 4.30. The number of aliphatic hydroxyl groups excluding tert-OH is 2. The van der Waals surface area contributed by atoms with Gasteiger partial charge in [-0.15, -0.1) is 0 Å². The molecule has 0 aromatic heterocycles. The van der Waals surface area contributed by atoms with Crippen LogP contribution >= 0.6 is 0 Å². The summed E-state index contributed by atoms with van der Waals surface area (Å²) in [5, 5.41) is 60.4. The fourth-order valence-corrected chi connectivity index (χ4v) is 0.224. The molecule has 2 N–H and O–H groups in total. The summed E-state index contributed by atoms with van der Waals surface area (Å²) < 4.78 is 0. The molecule has 18 heavy (non-hydrogen) atoms. The lowest BCUT2D eigenvalue weighted by Crippen LogP contribution is -1.85. The van der Waals surface area contributed by atoms with Crippen molar-refractivity contribution in [2.45, 2.75) is 12.8 Å². The predicted molar refractivity (Wildman–Crippen MR) is 54.5 cm³/mol. The molecule has 110 valence electrons. The van der Waals surface area contributed by atoms with Crippen molar-refractivity contribution >= 4 is 0 Å². The van der Waals surface area contributed by atoms with Crippen LogP contribution in [0.15, 0.2) is 0 Å². The molecule has 0 radical (unpaired) electrons. The van der Waals surface area contributed by atoms with Crippen LogP contribution < -0.4 is 0 Å². The minimum atomic E-state index is -1.75. The summed E-state index contributed by atoms with van der Waals surface area (Å²) in [6.45, 7) is 0.390. The molecule has 0 aliphatic carbocycles. The van der Waals surface area contributed by atoms with Crippen molar-refractivity contribution in [1.29, 1.82) is 0 Å². The zero-order valence-corrected chi connectivity index (χ0v) is 8.74. The molecule has 0 amide bonds. The van der Waals surface area contributed by atoms with Crippen molar-refractivity contribution in [3.8, 4) is 0 Å². The normalized spacial score (nSPS) is 7.00. The number of aliphatic hydroxyl groups is 2. The zero-order valence-electron chi connectivity index (χ0n) is 8.74. The first-order chi connectivity index (χ1) is 8.11. The van der Waals surface area contributed by atoms with E-state index in [1.807, 2.05) is 0 Å². The van der Waals surface area contributed by atoms with Crippen LogP contribution in [0.2, 0.25) is 0 Å². The Morgan fingerprint density at radius 2 is 0.722 bits per heavy atom. The van der Waals surface area contributed by atoms with E-state index < -0.39 is 15.3 Å². The lowest BCUT2D eigenvalue weighted by Gasteiger charge is -1.85. The van der Waals surface area contributed by atoms with Crippen molar-refractivity contribution in [3.05, 3.63) is 46.0 Å². The van der Waals surface area contributed by atoms with Crippen molar-refractivity contribution in [2.75, 3.05) is 13.2 Å². The van der Waals surface area contributed by atoms with E-state index in [4.69, 9.17) is 56.2 Å². The van der Waals surface area contributed by atoms with Gasteiger partial charge in [-0.2, -0.15) is 0 Å². The average Bonchev–Trinajstić information content (AvgIpc) is 2.11. The van der Waals surface area contributed by atoms with Gasteiger partial charge >= 0.3 is 0 Å². The summed E-state index contributed by atoms with van der Waals surface area (Å²) >= 11 is 0. The molecule has 0 fully saturated rings. The van der Waals surface area contributed by atoms with Crippen LogP contribution in [0.1, 0.15) is 12.8 Å². The van der Waals surface area contributed by atoms with Crippen LogP contribution in [0.4, 0.5) is 0 Å². The SMILES string of the molecule is O=[N+]([O-])[O-].O=[N+]([O-])[O-].O=[N+]([O-])[O-].OCCCCO. The molecule has 0 aliphatic heterocycles. The smallest absolute Gasteiger partial charge is 0.0689 e. The Bertz CT molecular complexity index is 164. The van der Waals surface area contributed by atoms with Gasteiger partial charge in [0.2, 0.25) is 0 Å². The summed E-state index contributed by atoms with van der Waals surface area (Å²) in [5.74, 6) is 0. The molecule has 0 aliphatic rings. The van der Waals surface area contributed by atoms with Gasteiger partial charge in [0.25, 0.3) is 0 Å². The number of hydrogen-bond acceptors (Lipinski definition) is 11. The van der Waals surface area contributed by atoms with Gasteiger partial charge in [-0.05, 0) is 12.8 Å². The van der Waals surface area contributed by atoms with Gasteiger partial charge in [-0.1, -0.05) is 0 Å². The summed E-state index contributed by atoms with van der Waals surface area (Å²) in [5.41, 5.74) is 0. The van der Waals surface area contributed by atoms with Crippen molar-refractivity contribution < 1.29 is 25.5 Å². The maximum atomic E-state index is 8.25. The second kappa shape index (κ2) is 24.0. The maximum absolute atomic E-state index is 8.25. The largest absolute Gasteiger partial charge is 0.396 e. The summed E-state index contributed by atoms with van der Waals surface area (Å²) in [4.78, 5) is 24.8. The first-order valence-electron chi connectivity index (χ1n) is 3.78. The van der Waals surface area contributed by atoms with Crippen LogP contribution in [-0.2, 0) is 0 Å². The van der Waals surface area contributed by atoms with Crippen LogP contribution in [0, 0.1) is 46.0 Å². The van der Waals surface area contributed by atoms with Gasteiger partial charge in [0.05, 0.1) is 15.3 Å². The fourth-order valence-electron chi connectivity index (χ4n) is 0.224. The molecule has 0 heterocycles. The highest BCUT2D eigenvalue weighted by Gasteiger charge is 1.77. The Hall–Kier alpha value is -2.48. The van der Waals surface area contributed by atoms with Gasteiger partial charge in [0.15, 0.2) is 0 Å². The summed E-state index contributed by atoms with van der Waals surface area (Å²) in [6.07, 6.45) is 1.44. The number of rotatable bonds is 3. The molecule has 0 saturated heterocycles. The molecule has 0 aromatic carbocycles. The Balaban J connectivity index is -0.0000000742. The first-order valence-corrected chi connectivity index (χ1v) is 3.78. The second-order valence-electron chi connectivity index (χ2n) is 1.83. The molecular weight excluding hydrogens is 266 g/mol. The molecule has 0 rings (SSSR count). The maximum Gasteiger partial charge on any atom is 0.0689 e. The van der Waals surface area contributed by atoms with Gasteiger partial charge in [-0.3, -0.25) is 0 Å². The molecule has 0 bridgehead atoms. The van der Waals surface area contributed by atoms with E-state index in [0.29, 0.717) is 0 Å². The lowest BCUT2D eigenvalue weighted by molar-refractivity contribution is -0.403. The van der Waals surface area contributed by atoms with E-state index >= 15 is 0 Å². The monoisotopic (exact) mass is 276 g/mol. The standard InChI is InChI=1S/C4H10O2.3NO3/c5-3-1-2-4-6;3*2-1(3)4/h5-6H,1-4H2;;;/q;3*-1. The highest BCUT2D eigenvalue weighted by Crippen LogP contribution is 1.80. The molecule has 0 atom stereocenters. The Kier molecular flexibility index (Phi) is 32.9. The third-order valence-electron chi connectivity index (χ3n) is 0.566. The predicted octanol–water partition coefficient (Wildman–Crippen LogP) is -0.966. The minimum absolute atomic E-state index is 0.195. The highest BCUT2D eigenvalue weighted by atomic mass is 16.9. The van der Waals surface area contributed by atoms with Crippen LogP contribution in [0.3, 0.4) is 0 Å².